The summed E-state index contributed by atoms with van der Waals surface area (Å²) in [5.74, 6) is -0.0390. The van der Waals surface area contributed by atoms with Crippen molar-refractivity contribution in [3.63, 3.8) is 0 Å². The minimum atomic E-state index is -3.57. The summed E-state index contributed by atoms with van der Waals surface area (Å²) in [4.78, 5) is 14.9. The highest BCUT2D eigenvalue weighted by Crippen LogP contribution is 2.26. The first-order valence-electron chi connectivity index (χ1n) is 9.56. The van der Waals surface area contributed by atoms with Crippen LogP contribution in [0.15, 0.2) is 35.2 Å². The Kier molecular flexibility index (Phi) is 5.64. The van der Waals surface area contributed by atoms with E-state index in [-0.39, 0.29) is 5.91 Å². The normalized spacial score (nSPS) is 15.7. The number of carbonyl (C=O) groups is 1. The fourth-order valence-electron chi connectivity index (χ4n) is 3.89. The SMILES string of the molecule is Cc1cc(C)c(S(=O)(=O)N2CCN(C(=O)c3ccc(C)c(C)c3)CC2)c(C)c1. The second-order valence-corrected chi connectivity index (χ2v) is 9.60. The largest absolute Gasteiger partial charge is 0.336 e. The zero-order valence-electron chi connectivity index (χ0n) is 17.2. The summed E-state index contributed by atoms with van der Waals surface area (Å²) in [5.41, 5.74) is 5.48. The molecule has 3 rings (SSSR count). The number of rotatable bonds is 3. The van der Waals surface area contributed by atoms with Gasteiger partial charge in [0.2, 0.25) is 10.0 Å². The molecular formula is C22H28N2O3S. The van der Waals surface area contributed by atoms with Gasteiger partial charge in [-0.25, -0.2) is 8.42 Å². The summed E-state index contributed by atoms with van der Waals surface area (Å²) in [7, 11) is -3.57. The molecule has 1 heterocycles. The molecule has 0 N–H and O–H groups in total. The average molecular weight is 401 g/mol. The van der Waals surface area contributed by atoms with Crippen molar-refractivity contribution < 1.29 is 13.2 Å². The maximum absolute atomic E-state index is 13.2. The molecule has 6 heteroatoms. The van der Waals surface area contributed by atoms with Gasteiger partial charge >= 0.3 is 0 Å². The van der Waals surface area contributed by atoms with Crippen molar-refractivity contribution >= 4 is 15.9 Å². The monoisotopic (exact) mass is 400 g/mol. The molecule has 150 valence electrons. The van der Waals surface area contributed by atoms with E-state index in [2.05, 4.69) is 0 Å². The highest BCUT2D eigenvalue weighted by atomic mass is 32.2. The number of benzene rings is 2. The van der Waals surface area contributed by atoms with Crippen molar-refractivity contribution in [1.29, 1.82) is 0 Å². The first-order chi connectivity index (χ1) is 13.1. The number of nitrogens with zero attached hydrogens (tertiary/aromatic N) is 2. The Morgan fingerprint density at radius 3 is 1.89 bits per heavy atom. The summed E-state index contributed by atoms with van der Waals surface area (Å²) in [6.07, 6.45) is 0. The lowest BCUT2D eigenvalue weighted by atomic mass is 10.1. The topological polar surface area (TPSA) is 57.7 Å². The van der Waals surface area contributed by atoms with Crippen LogP contribution in [0.25, 0.3) is 0 Å². The molecule has 1 aliphatic heterocycles. The first kappa shape index (κ1) is 20.6. The van der Waals surface area contributed by atoms with Gasteiger partial charge in [0.25, 0.3) is 5.91 Å². The molecular weight excluding hydrogens is 372 g/mol. The molecule has 0 radical (unpaired) electrons. The lowest BCUT2D eigenvalue weighted by molar-refractivity contribution is 0.0697. The predicted octanol–water partition coefficient (Wildman–Crippen LogP) is 3.38. The van der Waals surface area contributed by atoms with Gasteiger partial charge in [-0.05, 0) is 69.0 Å². The van der Waals surface area contributed by atoms with Crippen molar-refractivity contribution in [2.45, 2.75) is 39.5 Å². The van der Waals surface area contributed by atoms with Crippen molar-refractivity contribution in [2.24, 2.45) is 0 Å². The van der Waals surface area contributed by atoms with E-state index in [0.29, 0.717) is 36.6 Å². The number of carbonyl (C=O) groups excluding carboxylic acids is 1. The average Bonchev–Trinajstić information content (AvgIpc) is 2.62. The van der Waals surface area contributed by atoms with Crippen molar-refractivity contribution in [3.8, 4) is 0 Å². The van der Waals surface area contributed by atoms with Crippen LogP contribution < -0.4 is 0 Å². The van der Waals surface area contributed by atoms with Crippen molar-refractivity contribution in [1.82, 2.24) is 9.21 Å². The summed E-state index contributed by atoms with van der Waals surface area (Å²) in [5, 5.41) is 0. The van der Waals surface area contributed by atoms with Gasteiger partial charge in [-0.1, -0.05) is 23.8 Å². The lowest BCUT2D eigenvalue weighted by Gasteiger charge is -2.34. The smallest absolute Gasteiger partial charge is 0.253 e. The van der Waals surface area contributed by atoms with E-state index in [1.807, 2.05) is 65.0 Å². The van der Waals surface area contributed by atoms with Crippen molar-refractivity contribution in [2.75, 3.05) is 26.2 Å². The van der Waals surface area contributed by atoms with Crippen LogP contribution in [-0.4, -0.2) is 49.7 Å². The molecule has 0 saturated carbocycles. The van der Waals surface area contributed by atoms with E-state index in [9.17, 15) is 13.2 Å². The zero-order chi connectivity index (χ0) is 20.6. The zero-order valence-corrected chi connectivity index (χ0v) is 18.1. The summed E-state index contributed by atoms with van der Waals surface area (Å²) < 4.78 is 27.9. The highest BCUT2D eigenvalue weighted by Gasteiger charge is 2.32. The van der Waals surface area contributed by atoms with Gasteiger partial charge in [0.15, 0.2) is 0 Å². The molecule has 0 atom stereocenters. The first-order valence-corrected chi connectivity index (χ1v) is 11.0. The standard InChI is InChI=1S/C22H28N2O3S/c1-15-12-18(4)21(19(5)13-15)28(26,27)24-10-8-23(9-11-24)22(25)20-7-6-16(2)17(3)14-20/h6-7,12-14H,8-11H2,1-5H3. The molecule has 1 aliphatic rings. The van der Waals surface area contributed by atoms with Gasteiger partial charge in [-0.15, -0.1) is 0 Å². The molecule has 1 saturated heterocycles. The van der Waals surface area contributed by atoms with Crippen LogP contribution in [0.2, 0.25) is 0 Å². The number of piperazine rings is 1. The predicted molar refractivity (Wildman–Crippen MR) is 111 cm³/mol. The molecule has 0 bridgehead atoms. The molecule has 0 unspecified atom stereocenters. The van der Waals surface area contributed by atoms with Crippen LogP contribution in [0.3, 0.4) is 0 Å². The van der Waals surface area contributed by atoms with Gasteiger partial charge in [-0.3, -0.25) is 4.79 Å². The summed E-state index contributed by atoms with van der Waals surface area (Å²) in [6, 6.07) is 9.50. The maximum atomic E-state index is 13.2. The van der Waals surface area contributed by atoms with Gasteiger partial charge in [0, 0.05) is 31.7 Å². The fraction of sp³-hybridized carbons (Fsp3) is 0.409. The van der Waals surface area contributed by atoms with Gasteiger partial charge in [-0.2, -0.15) is 4.31 Å². The maximum Gasteiger partial charge on any atom is 0.253 e. The minimum Gasteiger partial charge on any atom is -0.336 e. The van der Waals surface area contributed by atoms with E-state index in [4.69, 9.17) is 0 Å². The number of aryl methyl sites for hydroxylation is 5. The number of amides is 1. The molecule has 28 heavy (non-hydrogen) atoms. The molecule has 2 aromatic rings. The van der Waals surface area contributed by atoms with E-state index in [1.54, 1.807) is 4.90 Å². The van der Waals surface area contributed by atoms with Crippen LogP contribution in [0, 0.1) is 34.6 Å². The van der Waals surface area contributed by atoms with Crippen LogP contribution >= 0.6 is 0 Å². The van der Waals surface area contributed by atoms with E-state index in [1.165, 1.54) is 4.31 Å². The summed E-state index contributed by atoms with van der Waals surface area (Å²) >= 11 is 0. The fourth-order valence-corrected chi connectivity index (χ4v) is 5.73. The lowest BCUT2D eigenvalue weighted by Crippen LogP contribution is -2.50. The van der Waals surface area contributed by atoms with Gasteiger partial charge in [0.1, 0.15) is 0 Å². The third-order valence-electron chi connectivity index (χ3n) is 5.48. The van der Waals surface area contributed by atoms with Crippen LogP contribution in [0.4, 0.5) is 0 Å². The number of hydrogen-bond donors (Lipinski definition) is 0. The molecule has 0 spiro atoms. The Balaban J connectivity index is 1.76. The molecule has 1 amide bonds. The Morgan fingerprint density at radius 1 is 0.786 bits per heavy atom. The van der Waals surface area contributed by atoms with Crippen LogP contribution in [0.1, 0.15) is 38.2 Å². The van der Waals surface area contributed by atoms with E-state index >= 15 is 0 Å². The minimum absolute atomic E-state index is 0.0390. The molecule has 0 aliphatic carbocycles. The van der Waals surface area contributed by atoms with E-state index < -0.39 is 10.0 Å². The number of hydrogen-bond acceptors (Lipinski definition) is 3. The molecule has 2 aromatic carbocycles. The van der Waals surface area contributed by atoms with Gasteiger partial charge in [0.05, 0.1) is 4.90 Å². The Hall–Kier alpha value is -2.18. The van der Waals surface area contributed by atoms with Crippen molar-refractivity contribution in [3.05, 3.63) is 63.7 Å². The highest BCUT2D eigenvalue weighted by molar-refractivity contribution is 7.89. The molecule has 5 nitrogen and oxygen atoms in total. The number of sulfonamides is 1. The quantitative estimate of drug-likeness (QED) is 0.794. The third-order valence-corrected chi connectivity index (χ3v) is 7.69. The third kappa shape index (κ3) is 3.84. The van der Waals surface area contributed by atoms with Crippen LogP contribution in [0.5, 0.6) is 0 Å². The van der Waals surface area contributed by atoms with Gasteiger partial charge < -0.3 is 4.90 Å². The molecule has 0 aromatic heterocycles. The Morgan fingerprint density at radius 2 is 1.36 bits per heavy atom. The molecule has 1 fully saturated rings. The Bertz CT molecular complexity index is 997. The van der Waals surface area contributed by atoms with E-state index in [0.717, 1.165) is 27.8 Å². The Labute approximate surface area is 168 Å². The summed E-state index contributed by atoms with van der Waals surface area (Å²) in [6.45, 7) is 11.1. The van der Waals surface area contributed by atoms with Crippen LogP contribution in [-0.2, 0) is 10.0 Å². The second kappa shape index (κ2) is 7.68. The second-order valence-electron chi connectivity index (χ2n) is 7.72.